The van der Waals surface area contributed by atoms with E-state index in [1.165, 1.54) is 6.33 Å². The number of nitrogens with zero attached hydrogens (tertiary/aromatic N) is 7. The number of hydrogen-bond donors (Lipinski definition) is 0. The van der Waals surface area contributed by atoms with Gasteiger partial charge in [-0.3, -0.25) is 4.79 Å². The van der Waals surface area contributed by atoms with Crippen LogP contribution in [0, 0.1) is 12.8 Å². The zero-order chi connectivity index (χ0) is 21.2. The first-order valence-corrected chi connectivity index (χ1v) is 10.5. The molecule has 9 nitrogen and oxygen atoms in total. The maximum absolute atomic E-state index is 13.2. The largest absolute Gasteiger partial charge is 0.420 e. The standard InChI is InChI=1S/C22H23N7O2/c1-15-26-27-21(31-15)18-13-20(24-14-23-18)28-11-8-17(9-12-28)22(30)29-19(7-10-25-29)16-5-3-2-4-6-16/h2-6,10,13-14,17,19H,7-9,11-12H2,1H3. The third-order valence-corrected chi connectivity index (χ3v) is 5.81. The Morgan fingerprint density at radius 2 is 1.90 bits per heavy atom. The van der Waals surface area contributed by atoms with E-state index >= 15 is 0 Å². The van der Waals surface area contributed by atoms with Gasteiger partial charge in [0.2, 0.25) is 11.8 Å². The van der Waals surface area contributed by atoms with E-state index in [0.717, 1.165) is 43.7 Å². The van der Waals surface area contributed by atoms with Crippen molar-refractivity contribution >= 4 is 17.9 Å². The number of anilines is 1. The van der Waals surface area contributed by atoms with Gasteiger partial charge < -0.3 is 9.32 Å². The maximum atomic E-state index is 13.2. The predicted octanol–water partition coefficient (Wildman–Crippen LogP) is 3.01. The summed E-state index contributed by atoms with van der Waals surface area (Å²) in [4.78, 5) is 24.0. The summed E-state index contributed by atoms with van der Waals surface area (Å²) in [6.45, 7) is 3.22. The van der Waals surface area contributed by atoms with Crippen molar-refractivity contribution in [1.29, 1.82) is 0 Å². The molecule has 4 heterocycles. The van der Waals surface area contributed by atoms with Gasteiger partial charge in [-0.05, 0) is 18.4 Å². The molecule has 3 aromatic rings. The van der Waals surface area contributed by atoms with Crippen LogP contribution in [0.2, 0.25) is 0 Å². The summed E-state index contributed by atoms with van der Waals surface area (Å²) in [5, 5.41) is 14.0. The Labute approximate surface area is 179 Å². The minimum Gasteiger partial charge on any atom is -0.420 e. The Bertz CT molecular complexity index is 1090. The highest BCUT2D eigenvalue weighted by Crippen LogP contribution is 2.32. The van der Waals surface area contributed by atoms with E-state index in [2.05, 4.69) is 42.3 Å². The second-order valence-corrected chi connectivity index (χ2v) is 7.79. The molecule has 1 unspecified atom stereocenters. The third-order valence-electron chi connectivity index (χ3n) is 5.81. The molecule has 1 fully saturated rings. The smallest absolute Gasteiger partial charge is 0.266 e. The fourth-order valence-corrected chi connectivity index (χ4v) is 4.16. The highest BCUT2D eigenvalue weighted by Gasteiger charge is 2.35. The summed E-state index contributed by atoms with van der Waals surface area (Å²) in [7, 11) is 0. The molecule has 0 spiro atoms. The van der Waals surface area contributed by atoms with Crippen molar-refractivity contribution in [3.05, 3.63) is 54.2 Å². The first-order chi connectivity index (χ1) is 15.2. The van der Waals surface area contributed by atoms with Crippen molar-refractivity contribution in [2.75, 3.05) is 18.0 Å². The van der Waals surface area contributed by atoms with E-state index < -0.39 is 0 Å². The summed E-state index contributed by atoms with van der Waals surface area (Å²) in [5.74, 6) is 1.73. The summed E-state index contributed by atoms with van der Waals surface area (Å²) in [6, 6.07) is 11.9. The Balaban J connectivity index is 1.24. The van der Waals surface area contributed by atoms with Gasteiger partial charge in [-0.25, -0.2) is 15.0 Å². The van der Waals surface area contributed by atoms with E-state index in [4.69, 9.17) is 4.42 Å². The third kappa shape index (κ3) is 3.90. The van der Waals surface area contributed by atoms with Gasteiger partial charge in [0.25, 0.3) is 5.89 Å². The lowest BCUT2D eigenvalue weighted by Crippen LogP contribution is -2.41. The molecular weight excluding hydrogens is 394 g/mol. The minimum atomic E-state index is -0.0439. The number of rotatable bonds is 4. The molecule has 2 aliphatic heterocycles. The SMILES string of the molecule is Cc1nnc(-c2cc(N3CCC(C(=O)N4N=CCC4c4ccccc4)CC3)ncn2)o1. The number of aryl methyl sites for hydroxylation is 1. The molecular formula is C22H23N7O2. The van der Waals surface area contributed by atoms with Crippen molar-refractivity contribution in [1.82, 2.24) is 25.2 Å². The van der Waals surface area contributed by atoms with Crippen LogP contribution in [0.3, 0.4) is 0 Å². The molecule has 1 aromatic carbocycles. The molecule has 0 radical (unpaired) electrons. The molecule has 9 heteroatoms. The molecule has 1 amide bonds. The average Bonchev–Trinajstić information content (AvgIpc) is 3.49. The lowest BCUT2D eigenvalue weighted by atomic mass is 9.94. The van der Waals surface area contributed by atoms with E-state index in [1.807, 2.05) is 30.5 Å². The van der Waals surface area contributed by atoms with Gasteiger partial charge >= 0.3 is 0 Å². The number of hydrazone groups is 1. The summed E-state index contributed by atoms with van der Waals surface area (Å²) in [6.07, 6.45) is 5.61. The van der Waals surface area contributed by atoms with E-state index in [9.17, 15) is 4.79 Å². The van der Waals surface area contributed by atoms with Crippen LogP contribution in [0.15, 0.2) is 52.2 Å². The monoisotopic (exact) mass is 417 g/mol. The lowest BCUT2D eigenvalue weighted by molar-refractivity contribution is -0.138. The second kappa shape index (κ2) is 8.25. The van der Waals surface area contributed by atoms with Crippen molar-refractivity contribution in [3.8, 4) is 11.6 Å². The number of carbonyl (C=O) groups excluding carboxylic acids is 1. The first kappa shape index (κ1) is 19.3. The highest BCUT2D eigenvalue weighted by atomic mass is 16.4. The van der Waals surface area contributed by atoms with E-state index in [1.54, 1.807) is 11.9 Å². The van der Waals surface area contributed by atoms with Gasteiger partial charge in [0, 0.05) is 44.6 Å². The maximum Gasteiger partial charge on any atom is 0.266 e. The number of piperidine rings is 1. The van der Waals surface area contributed by atoms with Crippen molar-refractivity contribution in [2.24, 2.45) is 11.0 Å². The van der Waals surface area contributed by atoms with Gasteiger partial charge in [-0.15, -0.1) is 10.2 Å². The van der Waals surface area contributed by atoms with Gasteiger partial charge in [-0.1, -0.05) is 30.3 Å². The number of hydrogen-bond acceptors (Lipinski definition) is 8. The fourth-order valence-electron chi connectivity index (χ4n) is 4.16. The normalized spacial score (nSPS) is 19.2. The molecule has 0 saturated carbocycles. The van der Waals surface area contributed by atoms with Crippen LogP contribution >= 0.6 is 0 Å². The summed E-state index contributed by atoms with van der Waals surface area (Å²) in [5.41, 5.74) is 1.72. The Morgan fingerprint density at radius 1 is 1.10 bits per heavy atom. The first-order valence-electron chi connectivity index (χ1n) is 10.5. The number of carbonyl (C=O) groups is 1. The molecule has 2 aliphatic rings. The molecule has 158 valence electrons. The summed E-state index contributed by atoms with van der Waals surface area (Å²) >= 11 is 0. The molecule has 1 atom stereocenters. The topological polar surface area (TPSA) is 101 Å². The Kier molecular flexibility index (Phi) is 5.15. The summed E-state index contributed by atoms with van der Waals surface area (Å²) < 4.78 is 5.47. The molecule has 0 aliphatic carbocycles. The van der Waals surface area contributed by atoms with Crippen molar-refractivity contribution in [2.45, 2.75) is 32.2 Å². The van der Waals surface area contributed by atoms with Crippen LogP contribution in [-0.2, 0) is 4.79 Å². The van der Waals surface area contributed by atoms with E-state index in [-0.39, 0.29) is 17.9 Å². The Morgan fingerprint density at radius 3 is 2.65 bits per heavy atom. The molecule has 5 rings (SSSR count). The predicted molar refractivity (Wildman–Crippen MR) is 114 cm³/mol. The number of aromatic nitrogens is 4. The second-order valence-electron chi connectivity index (χ2n) is 7.79. The van der Waals surface area contributed by atoms with Crippen LogP contribution in [0.4, 0.5) is 5.82 Å². The van der Waals surface area contributed by atoms with Crippen LogP contribution in [0.1, 0.15) is 36.8 Å². The van der Waals surface area contributed by atoms with Gasteiger partial charge in [0.1, 0.15) is 17.8 Å². The fraction of sp³-hybridized carbons (Fsp3) is 0.364. The molecule has 0 N–H and O–H groups in total. The van der Waals surface area contributed by atoms with Gasteiger partial charge in [-0.2, -0.15) is 5.10 Å². The van der Waals surface area contributed by atoms with Crippen LogP contribution in [0.25, 0.3) is 11.6 Å². The van der Waals surface area contributed by atoms with Gasteiger partial charge in [0.05, 0.1) is 6.04 Å². The van der Waals surface area contributed by atoms with Crippen molar-refractivity contribution < 1.29 is 9.21 Å². The molecule has 2 aromatic heterocycles. The van der Waals surface area contributed by atoms with Crippen LogP contribution < -0.4 is 4.90 Å². The average molecular weight is 417 g/mol. The van der Waals surface area contributed by atoms with Gasteiger partial charge in [0.15, 0.2) is 0 Å². The highest BCUT2D eigenvalue weighted by molar-refractivity contribution is 5.82. The Hall–Kier alpha value is -3.62. The zero-order valence-corrected chi connectivity index (χ0v) is 17.3. The molecule has 0 bridgehead atoms. The van der Waals surface area contributed by atoms with Crippen molar-refractivity contribution in [3.63, 3.8) is 0 Å². The quantitative estimate of drug-likeness (QED) is 0.643. The number of benzene rings is 1. The number of amides is 1. The zero-order valence-electron chi connectivity index (χ0n) is 17.3. The van der Waals surface area contributed by atoms with Crippen LogP contribution in [0.5, 0.6) is 0 Å². The molecule has 1 saturated heterocycles. The van der Waals surface area contributed by atoms with E-state index in [0.29, 0.717) is 17.5 Å². The van der Waals surface area contributed by atoms with Crippen LogP contribution in [-0.4, -0.2) is 50.4 Å². The lowest BCUT2D eigenvalue weighted by Gasteiger charge is -2.34. The molecule has 31 heavy (non-hydrogen) atoms. The minimum absolute atomic E-state index is 0.00554.